The van der Waals surface area contributed by atoms with E-state index >= 15 is 0 Å². The number of anilines is 1. The van der Waals surface area contributed by atoms with Crippen LogP contribution in [-0.2, 0) is 9.59 Å². The molecule has 0 saturated carbocycles. The van der Waals surface area contributed by atoms with Crippen molar-refractivity contribution in [2.24, 2.45) is 0 Å². The van der Waals surface area contributed by atoms with Gasteiger partial charge in [-0.2, -0.15) is 0 Å². The van der Waals surface area contributed by atoms with Gasteiger partial charge in [-0.1, -0.05) is 6.08 Å². The van der Waals surface area contributed by atoms with Crippen molar-refractivity contribution in [1.82, 2.24) is 10.2 Å². The van der Waals surface area contributed by atoms with E-state index in [1.807, 2.05) is 6.07 Å². The number of nitrogens with one attached hydrogen (secondary N) is 1. The van der Waals surface area contributed by atoms with E-state index in [0.717, 1.165) is 31.8 Å². The summed E-state index contributed by atoms with van der Waals surface area (Å²) in [6, 6.07) is 3.61. The van der Waals surface area contributed by atoms with Crippen molar-refractivity contribution in [1.29, 1.82) is 0 Å². The Labute approximate surface area is 139 Å². The average molecular weight is 331 g/mol. The van der Waals surface area contributed by atoms with Crippen LogP contribution in [0, 0.1) is 0 Å². The Bertz CT molecular complexity index is 701. The second-order valence-electron chi connectivity index (χ2n) is 5.39. The minimum absolute atomic E-state index is 0.00257. The van der Waals surface area contributed by atoms with Gasteiger partial charge in [0.05, 0.1) is 0 Å². The van der Waals surface area contributed by atoms with Gasteiger partial charge in [0.25, 0.3) is 11.8 Å². The van der Waals surface area contributed by atoms with E-state index in [2.05, 4.69) is 16.8 Å². The molecule has 6 nitrogen and oxygen atoms in total. The highest BCUT2D eigenvalue weighted by molar-refractivity contribution is 7.80. The summed E-state index contributed by atoms with van der Waals surface area (Å²) in [4.78, 5) is 27.9. The summed E-state index contributed by atoms with van der Waals surface area (Å²) in [6.45, 7) is 5.76. The van der Waals surface area contributed by atoms with Gasteiger partial charge in [-0.15, -0.1) is 6.58 Å². The first-order valence-electron chi connectivity index (χ1n) is 7.44. The van der Waals surface area contributed by atoms with Crippen LogP contribution >= 0.6 is 12.2 Å². The van der Waals surface area contributed by atoms with Crippen molar-refractivity contribution >= 4 is 41.1 Å². The highest BCUT2D eigenvalue weighted by Crippen LogP contribution is 2.24. The van der Waals surface area contributed by atoms with Crippen LogP contribution in [0.3, 0.4) is 0 Å². The molecular weight excluding hydrogens is 314 g/mol. The number of thiocarbonyl (C=S) groups is 1. The molecule has 7 heteroatoms. The molecule has 1 N–H and O–H groups in total. The Morgan fingerprint density at radius 3 is 2.74 bits per heavy atom. The topological polar surface area (TPSA) is 65.8 Å². The average Bonchev–Trinajstić information content (AvgIpc) is 3.18. The molecule has 0 unspecified atom stereocenters. The minimum atomic E-state index is -0.514. The van der Waals surface area contributed by atoms with Crippen LogP contribution in [-0.4, -0.2) is 41.5 Å². The third kappa shape index (κ3) is 3.05. The smallest absolute Gasteiger partial charge is 0.266 e. The Morgan fingerprint density at radius 1 is 1.30 bits per heavy atom. The normalized spacial score (nSPS) is 20.3. The highest BCUT2D eigenvalue weighted by atomic mass is 32.1. The van der Waals surface area contributed by atoms with Gasteiger partial charge in [0, 0.05) is 25.7 Å². The van der Waals surface area contributed by atoms with Crippen LogP contribution in [0.25, 0.3) is 6.08 Å². The van der Waals surface area contributed by atoms with Crippen LogP contribution in [0.15, 0.2) is 34.8 Å². The number of hydrogen-bond acceptors (Lipinski definition) is 5. The fourth-order valence-corrected chi connectivity index (χ4v) is 2.91. The van der Waals surface area contributed by atoms with Crippen molar-refractivity contribution in [3.63, 3.8) is 0 Å². The van der Waals surface area contributed by atoms with Crippen LogP contribution < -0.4 is 10.2 Å². The lowest BCUT2D eigenvalue weighted by Gasteiger charge is -2.27. The van der Waals surface area contributed by atoms with Crippen molar-refractivity contribution in [2.75, 3.05) is 24.5 Å². The number of rotatable bonds is 4. The molecule has 3 rings (SSSR count). The van der Waals surface area contributed by atoms with Gasteiger partial charge < -0.3 is 9.32 Å². The molecule has 0 aliphatic carbocycles. The molecule has 2 aliphatic heterocycles. The molecule has 2 amide bonds. The van der Waals surface area contributed by atoms with Gasteiger partial charge in [-0.05, 0) is 37.2 Å². The first kappa shape index (κ1) is 15.5. The fourth-order valence-electron chi connectivity index (χ4n) is 2.66. The zero-order valence-electron chi connectivity index (χ0n) is 12.6. The minimum Gasteiger partial charge on any atom is -0.441 e. The van der Waals surface area contributed by atoms with E-state index in [-0.39, 0.29) is 17.2 Å². The zero-order chi connectivity index (χ0) is 16.4. The van der Waals surface area contributed by atoms with Crippen molar-refractivity contribution in [3.05, 3.63) is 36.1 Å². The number of furan rings is 1. The quantitative estimate of drug-likeness (QED) is 0.394. The SMILES string of the molecule is C=CCN1C(=O)/C(=C/c2ccc(N3CCCC3)o2)C(=O)NC1=S. The molecule has 2 saturated heterocycles. The molecule has 0 radical (unpaired) electrons. The molecule has 2 fully saturated rings. The van der Waals surface area contributed by atoms with Crippen LogP contribution in [0.4, 0.5) is 5.88 Å². The van der Waals surface area contributed by atoms with Crippen LogP contribution in [0.1, 0.15) is 18.6 Å². The number of hydrogen-bond donors (Lipinski definition) is 1. The maximum Gasteiger partial charge on any atom is 0.266 e. The summed E-state index contributed by atoms with van der Waals surface area (Å²) in [5.41, 5.74) is 0.00257. The molecule has 1 aromatic rings. The lowest BCUT2D eigenvalue weighted by molar-refractivity contribution is -0.128. The second kappa shape index (κ2) is 6.37. The van der Waals surface area contributed by atoms with Gasteiger partial charge in [0.2, 0.25) is 0 Å². The third-order valence-electron chi connectivity index (χ3n) is 3.81. The number of amides is 2. The monoisotopic (exact) mass is 331 g/mol. The Morgan fingerprint density at radius 2 is 2.04 bits per heavy atom. The summed E-state index contributed by atoms with van der Waals surface area (Å²) < 4.78 is 5.73. The largest absolute Gasteiger partial charge is 0.441 e. The van der Waals surface area contributed by atoms with Gasteiger partial charge >= 0.3 is 0 Å². The van der Waals surface area contributed by atoms with Gasteiger partial charge in [0.1, 0.15) is 11.3 Å². The third-order valence-corrected chi connectivity index (χ3v) is 4.14. The zero-order valence-corrected chi connectivity index (χ0v) is 13.4. The fraction of sp³-hybridized carbons (Fsp3) is 0.312. The van der Waals surface area contributed by atoms with E-state index in [4.69, 9.17) is 16.6 Å². The molecule has 0 atom stereocenters. The highest BCUT2D eigenvalue weighted by Gasteiger charge is 2.33. The summed E-state index contributed by atoms with van der Waals surface area (Å²) in [5.74, 6) is 0.269. The maximum absolute atomic E-state index is 12.4. The number of carbonyl (C=O) groups excluding carboxylic acids is 2. The predicted octanol–water partition coefficient (Wildman–Crippen LogP) is 1.69. The molecule has 120 valence electrons. The van der Waals surface area contributed by atoms with Gasteiger partial charge in [-0.3, -0.25) is 19.8 Å². The summed E-state index contributed by atoms with van der Waals surface area (Å²) >= 11 is 5.01. The maximum atomic E-state index is 12.4. The van der Waals surface area contributed by atoms with Crippen molar-refractivity contribution in [2.45, 2.75) is 12.8 Å². The number of carbonyl (C=O) groups is 2. The Hall–Kier alpha value is -2.41. The summed E-state index contributed by atoms with van der Waals surface area (Å²) in [6.07, 6.45) is 5.30. The van der Waals surface area contributed by atoms with E-state index in [0.29, 0.717) is 5.76 Å². The summed E-state index contributed by atoms with van der Waals surface area (Å²) in [7, 11) is 0. The van der Waals surface area contributed by atoms with E-state index < -0.39 is 11.8 Å². The van der Waals surface area contributed by atoms with Crippen LogP contribution in [0.2, 0.25) is 0 Å². The van der Waals surface area contributed by atoms with Crippen molar-refractivity contribution in [3.8, 4) is 0 Å². The van der Waals surface area contributed by atoms with Crippen LogP contribution in [0.5, 0.6) is 0 Å². The van der Waals surface area contributed by atoms with E-state index in [1.54, 1.807) is 12.1 Å². The van der Waals surface area contributed by atoms with Gasteiger partial charge in [0.15, 0.2) is 11.0 Å². The molecular formula is C16H17N3O3S. The Balaban J connectivity index is 1.85. The van der Waals surface area contributed by atoms with E-state index in [9.17, 15) is 9.59 Å². The lowest BCUT2D eigenvalue weighted by atomic mass is 10.1. The predicted molar refractivity (Wildman–Crippen MR) is 90.8 cm³/mol. The standard InChI is InChI=1S/C16H17N3O3S/c1-2-7-19-15(21)12(14(20)17-16(19)23)10-11-5-6-13(22-11)18-8-3-4-9-18/h2,5-6,10H,1,3-4,7-9H2,(H,17,20,23)/b12-10+. The first-order chi connectivity index (χ1) is 11.1. The molecule has 2 aliphatic rings. The van der Waals surface area contributed by atoms with E-state index in [1.165, 1.54) is 11.0 Å². The van der Waals surface area contributed by atoms with Gasteiger partial charge in [-0.25, -0.2) is 0 Å². The molecule has 0 bridgehead atoms. The number of nitrogens with zero attached hydrogens (tertiary/aromatic N) is 2. The molecule has 0 aromatic carbocycles. The van der Waals surface area contributed by atoms with Crippen molar-refractivity contribution < 1.29 is 14.0 Å². The summed E-state index contributed by atoms with van der Waals surface area (Å²) in [5, 5.41) is 2.60. The molecule has 1 aromatic heterocycles. The lowest BCUT2D eigenvalue weighted by Crippen LogP contribution is -2.53. The molecule has 0 spiro atoms. The Kier molecular flexibility index (Phi) is 4.29. The molecule has 23 heavy (non-hydrogen) atoms. The molecule has 3 heterocycles. The first-order valence-corrected chi connectivity index (χ1v) is 7.85. The second-order valence-corrected chi connectivity index (χ2v) is 5.78.